The Morgan fingerprint density at radius 3 is 2.08 bits per heavy atom. The quantitative estimate of drug-likeness (QED) is 0.170. The van der Waals surface area contributed by atoms with Gasteiger partial charge in [0.05, 0.1) is 12.0 Å². The number of ether oxygens (including phenoxy) is 2. The summed E-state index contributed by atoms with van der Waals surface area (Å²) in [4.78, 5) is 13.4. The van der Waals surface area contributed by atoms with E-state index in [0.29, 0.717) is 24.7 Å². The van der Waals surface area contributed by atoms with Crippen molar-refractivity contribution in [1.82, 2.24) is 0 Å². The minimum Gasteiger partial charge on any atom is -0.404 e. The number of ketones is 1. The standard InChI is InChI=1S/C33H50O4Si2/c1-32(2,3)39(29-15-9-7-10-16-29,30-17-11-8-12-18-30)37-28-20-21-33(27(24-28)14-13-19-31(33)34)25-36-26-35-22-23-38(4,5)6/h7-12,15-18,27-28H,13-14,19-26H2,1-6H3/t27-,28-,33+/m0/s1. The lowest BCUT2D eigenvalue weighted by molar-refractivity contribution is -0.155. The number of rotatable bonds is 11. The zero-order valence-electron chi connectivity index (χ0n) is 25.1. The first kappa shape index (κ1) is 30.4. The summed E-state index contributed by atoms with van der Waals surface area (Å²) in [6.07, 6.45) is 5.53. The van der Waals surface area contributed by atoms with Crippen LogP contribution >= 0.6 is 0 Å². The molecular weight excluding hydrogens is 517 g/mol. The number of hydrogen-bond donors (Lipinski definition) is 0. The Bertz CT molecular complexity index is 1020. The van der Waals surface area contributed by atoms with Gasteiger partial charge in [-0.05, 0) is 59.5 Å². The molecule has 0 bridgehead atoms. The number of Topliss-reactive ketones (excluding diaryl/α,β-unsaturated/α-hetero) is 1. The predicted molar refractivity (Wildman–Crippen MR) is 166 cm³/mol. The molecule has 0 spiro atoms. The summed E-state index contributed by atoms with van der Waals surface area (Å²) in [6, 6.07) is 22.9. The van der Waals surface area contributed by atoms with Crippen molar-refractivity contribution in [2.45, 2.75) is 96.1 Å². The third kappa shape index (κ3) is 6.84. The van der Waals surface area contributed by atoms with Crippen LogP contribution in [0.15, 0.2) is 60.7 Å². The Balaban J connectivity index is 1.53. The number of benzene rings is 2. The highest BCUT2D eigenvalue weighted by Crippen LogP contribution is 2.50. The van der Waals surface area contributed by atoms with E-state index >= 15 is 0 Å². The molecule has 0 heterocycles. The van der Waals surface area contributed by atoms with E-state index in [9.17, 15) is 4.79 Å². The second kappa shape index (κ2) is 12.5. The molecule has 4 rings (SSSR count). The number of hydrogen-bond acceptors (Lipinski definition) is 4. The van der Waals surface area contributed by atoms with Crippen LogP contribution in [-0.2, 0) is 18.7 Å². The molecule has 0 N–H and O–H groups in total. The summed E-state index contributed by atoms with van der Waals surface area (Å²) in [5, 5.41) is 2.58. The van der Waals surface area contributed by atoms with E-state index in [1.807, 2.05) is 0 Å². The van der Waals surface area contributed by atoms with Gasteiger partial charge < -0.3 is 13.9 Å². The smallest absolute Gasteiger partial charge is 0.261 e. The first-order valence-corrected chi connectivity index (χ1v) is 20.6. The van der Waals surface area contributed by atoms with Crippen LogP contribution in [0.3, 0.4) is 0 Å². The van der Waals surface area contributed by atoms with E-state index in [-0.39, 0.29) is 23.4 Å². The first-order chi connectivity index (χ1) is 18.5. The van der Waals surface area contributed by atoms with Crippen LogP contribution in [0.1, 0.15) is 59.3 Å². The lowest BCUT2D eigenvalue weighted by atomic mass is 9.58. The van der Waals surface area contributed by atoms with Gasteiger partial charge in [0.15, 0.2) is 0 Å². The molecular formula is C33H50O4Si2. The molecule has 0 unspecified atom stereocenters. The molecule has 214 valence electrons. The Morgan fingerprint density at radius 1 is 0.897 bits per heavy atom. The van der Waals surface area contributed by atoms with Crippen molar-refractivity contribution in [3.05, 3.63) is 60.7 Å². The fourth-order valence-electron chi connectivity index (χ4n) is 6.84. The van der Waals surface area contributed by atoms with Crippen LogP contribution in [0, 0.1) is 11.3 Å². The highest BCUT2D eigenvalue weighted by atomic mass is 28.4. The van der Waals surface area contributed by atoms with E-state index in [0.717, 1.165) is 44.8 Å². The van der Waals surface area contributed by atoms with E-state index < -0.39 is 16.4 Å². The van der Waals surface area contributed by atoms with Gasteiger partial charge in [0.25, 0.3) is 8.32 Å². The van der Waals surface area contributed by atoms with Crippen molar-refractivity contribution in [3.63, 3.8) is 0 Å². The second-order valence-electron chi connectivity index (χ2n) is 14.0. The van der Waals surface area contributed by atoms with Crippen molar-refractivity contribution >= 4 is 32.5 Å². The van der Waals surface area contributed by atoms with Crippen LogP contribution in [-0.4, -0.2) is 48.3 Å². The number of carbonyl (C=O) groups is 1. The largest absolute Gasteiger partial charge is 0.404 e. The molecule has 2 aromatic carbocycles. The molecule has 3 atom stereocenters. The molecule has 2 saturated carbocycles. The summed E-state index contributed by atoms with van der Waals surface area (Å²) in [5.74, 6) is 0.697. The van der Waals surface area contributed by atoms with Crippen molar-refractivity contribution < 1.29 is 18.7 Å². The Hall–Kier alpha value is -1.58. The molecule has 0 amide bonds. The molecule has 39 heavy (non-hydrogen) atoms. The zero-order valence-corrected chi connectivity index (χ0v) is 27.1. The molecule has 0 aromatic heterocycles. The van der Waals surface area contributed by atoms with E-state index in [2.05, 4.69) is 101 Å². The van der Waals surface area contributed by atoms with E-state index in [1.54, 1.807) is 0 Å². The lowest BCUT2D eigenvalue weighted by Crippen LogP contribution is -2.68. The van der Waals surface area contributed by atoms with Crippen LogP contribution in [0.25, 0.3) is 0 Å². The molecule has 2 aliphatic carbocycles. The van der Waals surface area contributed by atoms with Gasteiger partial charge in [-0.25, -0.2) is 0 Å². The van der Waals surface area contributed by atoms with Crippen molar-refractivity contribution in [2.75, 3.05) is 20.0 Å². The summed E-state index contributed by atoms with van der Waals surface area (Å²) in [7, 11) is -3.75. The minimum absolute atomic E-state index is 0.0526. The van der Waals surface area contributed by atoms with Gasteiger partial charge in [-0.2, -0.15) is 0 Å². The van der Waals surface area contributed by atoms with Gasteiger partial charge in [-0.1, -0.05) is 101 Å². The van der Waals surface area contributed by atoms with E-state index in [1.165, 1.54) is 10.4 Å². The maximum Gasteiger partial charge on any atom is 0.261 e. The average Bonchev–Trinajstić information content (AvgIpc) is 2.89. The molecule has 0 saturated heterocycles. The summed E-state index contributed by atoms with van der Waals surface area (Å²) in [6.45, 7) is 15.6. The van der Waals surface area contributed by atoms with Crippen molar-refractivity contribution in [3.8, 4) is 0 Å². The Kier molecular flexibility index (Phi) is 9.75. The SMILES string of the molecule is CC(C)(C)[Si](O[C@H]1CC[C@]2(COCOCC[Si](C)(C)C)C(=O)CCC[C@H]2C1)(c1ccccc1)c1ccccc1. The highest BCUT2D eigenvalue weighted by Gasteiger charge is 2.55. The molecule has 2 aliphatic rings. The van der Waals surface area contributed by atoms with Crippen LogP contribution in [0.5, 0.6) is 0 Å². The van der Waals surface area contributed by atoms with Crippen molar-refractivity contribution in [1.29, 1.82) is 0 Å². The maximum atomic E-state index is 13.4. The van der Waals surface area contributed by atoms with Crippen LogP contribution < -0.4 is 10.4 Å². The third-order valence-corrected chi connectivity index (χ3v) is 15.8. The van der Waals surface area contributed by atoms with Crippen molar-refractivity contribution in [2.24, 2.45) is 11.3 Å². The normalized spacial score (nSPS) is 24.4. The van der Waals surface area contributed by atoms with Gasteiger partial charge >= 0.3 is 0 Å². The summed E-state index contributed by atoms with van der Waals surface area (Å²) in [5.41, 5.74) is -0.383. The highest BCUT2D eigenvalue weighted by molar-refractivity contribution is 6.99. The fourth-order valence-corrected chi connectivity index (χ4v) is 12.3. The van der Waals surface area contributed by atoms with Crippen LogP contribution in [0.4, 0.5) is 0 Å². The monoisotopic (exact) mass is 566 g/mol. The van der Waals surface area contributed by atoms with Gasteiger partial charge in [-0.15, -0.1) is 0 Å². The molecule has 0 aliphatic heterocycles. The first-order valence-electron chi connectivity index (χ1n) is 15.0. The summed E-state index contributed by atoms with van der Waals surface area (Å²) < 4.78 is 19.4. The fraction of sp³-hybridized carbons (Fsp3) is 0.606. The molecule has 0 radical (unpaired) electrons. The molecule has 4 nitrogen and oxygen atoms in total. The molecule has 2 aromatic rings. The Morgan fingerprint density at radius 2 is 1.51 bits per heavy atom. The second-order valence-corrected chi connectivity index (χ2v) is 23.9. The topological polar surface area (TPSA) is 44.8 Å². The minimum atomic E-state index is -2.62. The van der Waals surface area contributed by atoms with Gasteiger partial charge in [0.2, 0.25) is 0 Å². The van der Waals surface area contributed by atoms with Gasteiger partial charge in [-0.3, -0.25) is 4.79 Å². The lowest BCUT2D eigenvalue weighted by Gasteiger charge is -2.51. The van der Waals surface area contributed by atoms with Crippen LogP contribution in [0.2, 0.25) is 30.7 Å². The zero-order chi connectivity index (χ0) is 28.2. The molecule has 6 heteroatoms. The molecule has 2 fully saturated rings. The number of fused-ring (bicyclic) bond motifs is 1. The maximum absolute atomic E-state index is 13.4. The predicted octanol–water partition coefficient (Wildman–Crippen LogP) is 6.80. The van der Waals surface area contributed by atoms with Gasteiger partial charge in [0, 0.05) is 27.2 Å². The van der Waals surface area contributed by atoms with Gasteiger partial charge in [0.1, 0.15) is 12.6 Å². The Labute approximate surface area is 239 Å². The third-order valence-electron chi connectivity index (χ3n) is 9.04. The van der Waals surface area contributed by atoms with E-state index in [4.69, 9.17) is 13.9 Å². The number of carbonyl (C=O) groups excluding carboxylic acids is 1. The average molecular weight is 567 g/mol. The summed E-state index contributed by atoms with van der Waals surface area (Å²) >= 11 is 0.